The van der Waals surface area contributed by atoms with Gasteiger partial charge >= 0.3 is 0 Å². The number of hydrogen-bond acceptors (Lipinski definition) is 7. The fraction of sp³-hybridized carbons (Fsp3) is 0.531. The standard InChI is InChI=1S/C32H44N4O5Si/c1-22-31(40-3)27-20-24(36-17-7-6-8-30(36)38)9-14-28(27)41-32(22)29(15-18-35-21-23(16-19-37)33-34-35)42(4,5)26-12-10-25(39-2)11-13-26/h9-14,20-22,29,31-32,37H,6-8,15-19H2,1-5H3/t22-,29?,31-,32-/m1/s1. The van der Waals surface area contributed by atoms with Crippen molar-refractivity contribution in [3.63, 3.8) is 0 Å². The van der Waals surface area contributed by atoms with E-state index in [2.05, 4.69) is 48.5 Å². The molecule has 1 fully saturated rings. The SMILES string of the molecule is COc1ccc([Si](C)(C)C(CCn2cc(CCO)nn2)[C@@H]2Oc3ccc(N4CCCCC4=O)cc3[C@H](OC)[C@H]2C)cc1. The molecule has 2 aliphatic heterocycles. The van der Waals surface area contributed by atoms with Gasteiger partial charge in [0.15, 0.2) is 0 Å². The molecule has 2 aliphatic rings. The number of carbonyl (C=O) groups excluding carboxylic acids is 1. The molecule has 5 rings (SSSR count). The van der Waals surface area contributed by atoms with E-state index in [0.717, 1.165) is 54.3 Å². The van der Waals surface area contributed by atoms with Gasteiger partial charge in [0.2, 0.25) is 5.91 Å². The van der Waals surface area contributed by atoms with E-state index in [4.69, 9.17) is 14.2 Å². The summed E-state index contributed by atoms with van der Waals surface area (Å²) < 4.78 is 20.5. The molecule has 3 heterocycles. The minimum atomic E-state index is -2.14. The van der Waals surface area contributed by atoms with Gasteiger partial charge in [-0.15, -0.1) is 5.10 Å². The van der Waals surface area contributed by atoms with Crippen LogP contribution in [0.5, 0.6) is 11.5 Å². The zero-order chi connectivity index (χ0) is 29.9. The predicted octanol–water partition coefficient (Wildman–Crippen LogP) is 4.50. The smallest absolute Gasteiger partial charge is 0.226 e. The first-order valence-corrected chi connectivity index (χ1v) is 18.1. The molecule has 10 heteroatoms. The number of carbonyl (C=O) groups is 1. The largest absolute Gasteiger partial charge is 0.497 e. The molecule has 0 spiro atoms. The molecule has 0 saturated carbocycles. The number of anilines is 1. The van der Waals surface area contributed by atoms with Gasteiger partial charge in [-0.25, -0.2) is 0 Å². The highest BCUT2D eigenvalue weighted by Crippen LogP contribution is 2.48. The summed E-state index contributed by atoms with van der Waals surface area (Å²) in [4.78, 5) is 14.6. The first-order valence-electron chi connectivity index (χ1n) is 15.0. The summed E-state index contributed by atoms with van der Waals surface area (Å²) in [6.07, 6.45) is 5.60. The van der Waals surface area contributed by atoms with Crippen molar-refractivity contribution in [3.8, 4) is 11.5 Å². The number of amides is 1. The van der Waals surface area contributed by atoms with E-state index in [1.54, 1.807) is 14.2 Å². The topological polar surface area (TPSA) is 98.9 Å². The van der Waals surface area contributed by atoms with E-state index in [1.165, 1.54) is 5.19 Å². The number of benzene rings is 2. The van der Waals surface area contributed by atoms with Gasteiger partial charge in [-0.05, 0) is 55.1 Å². The molecule has 226 valence electrons. The Hall–Kier alpha value is -3.21. The molecule has 0 aliphatic carbocycles. The predicted molar refractivity (Wildman–Crippen MR) is 165 cm³/mol. The highest BCUT2D eigenvalue weighted by molar-refractivity contribution is 6.91. The summed E-state index contributed by atoms with van der Waals surface area (Å²) in [5.41, 5.74) is 2.94. The van der Waals surface area contributed by atoms with Gasteiger partial charge in [0.1, 0.15) is 17.6 Å². The lowest BCUT2D eigenvalue weighted by molar-refractivity contribution is -0.119. The van der Waals surface area contributed by atoms with Crippen molar-refractivity contribution in [1.82, 2.24) is 15.0 Å². The van der Waals surface area contributed by atoms with Crippen molar-refractivity contribution in [1.29, 1.82) is 0 Å². The Balaban J connectivity index is 1.48. The Morgan fingerprint density at radius 3 is 2.62 bits per heavy atom. The molecule has 42 heavy (non-hydrogen) atoms. The molecule has 1 unspecified atom stereocenters. The van der Waals surface area contributed by atoms with Crippen LogP contribution in [0.2, 0.25) is 18.6 Å². The molecule has 9 nitrogen and oxygen atoms in total. The average molecular weight is 593 g/mol. The lowest BCUT2D eigenvalue weighted by atomic mass is 9.86. The number of ether oxygens (including phenoxy) is 3. The van der Waals surface area contributed by atoms with Crippen LogP contribution in [-0.4, -0.2) is 67.6 Å². The Morgan fingerprint density at radius 1 is 1.14 bits per heavy atom. The molecule has 0 radical (unpaired) electrons. The van der Waals surface area contributed by atoms with E-state index in [1.807, 2.05) is 40.0 Å². The van der Waals surface area contributed by atoms with Crippen molar-refractivity contribution >= 4 is 24.9 Å². The van der Waals surface area contributed by atoms with Crippen molar-refractivity contribution in [2.75, 3.05) is 32.3 Å². The number of aliphatic hydroxyl groups excluding tert-OH is 1. The second kappa shape index (κ2) is 13.0. The summed E-state index contributed by atoms with van der Waals surface area (Å²) >= 11 is 0. The number of aromatic nitrogens is 3. The van der Waals surface area contributed by atoms with Crippen LogP contribution in [-0.2, 0) is 22.5 Å². The minimum Gasteiger partial charge on any atom is -0.497 e. The number of hydrogen-bond donors (Lipinski definition) is 1. The van der Waals surface area contributed by atoms with Crippen LogP contribution in [0.4, 0.5) is 5.69 Å². The van der Waals surface area contributed by atoms with Gasteiger partial charge in [0.05, 0.1) is 27.0 Å². The van der Waals surface area contributed by atoms with E-state index in [-0.39, 0.29) is 36.2 Å². The Bertz CT molecular complexity index is 1360. The molecule has 1 N–H and O–H groups in total. The molecular formula is C32H44N4O5Si. The summed E-state index contributed by atoms with van der Waals surface area (Å²) in [7, 11) is 1.32. The maximum Gasteiger partial charge on any atom is 0.226 e. The van der Waals surface area contributed by atoms with Crippen LogP contribution in [0.1, 0.15) is 50.0 Å². The monoisotopic (exact) mass is 592 g/mol. The third kappa shape index (κ3) is 6.11. The van der Waals surface area contributed by atoms with Crippen LogP contribution >= 0.6 is 0 Å². The zero-order valence-electron chi connectivity index (χ0n) is 25.5. The Kier molecular flexibility index (Phi) is 9.34. The Morgan fingerprint density at radius 2 is 1.93 bits per heavy atom. The maximum atomic E-state index is 12.7. The quantitative estimate of drug-likeness (QED) is 0.328. The van der Waals surface area contributed by atoms with Crippen LogP contribution in [0.3, 0.4) is 0 Å². The summed E-state index contributed by atoms with van der Waals surface area (Å²) in [6, 6.07) is 14.6. The fourth-order valence-electron chi connectivity index (χ4n) is 6.73. The highest BCUT2D eigenvalue weighted by Gasteiger charge is 2.47. The third-order valence-electron chi connectivity index (χ3n) is 9.23. The van der Waals surface area contributed by atoms with Crippen molar-refractivity contribution in [2.24, 2.45) is 5.92 Å². The maximum absolute atomic E-state index is 12.7. The Labute approximate surface area is 249 Å². The van der Waals surface area contributed by atoms with Crippen molar-refractivity contribution < 1.29 is 24.1 Å². The second-order valence-electron chi connectivity index (χ2n) is 12.1. The first kappa shape index (κ1) is 30.3. The van der Waals surface area contributed by atoms with Crippen LogP contribution in [0, 0.1) is 5.92 Å². The van der Waals surface area contributed by atoms with Gasteiger partial charge in [-0.3, -0.25) is 9.48 Å². The number of fused-ring (bicyclic) bond motifs is 1. The first-order chi connectivity index (χ1) is 20.3. The normalized spacial score (nSPS) is 21.5. The number of aliphatic hydroxyl groups is 1. The van der Waals surface area contributed by atoms with Gasteiger partial charge in [0.25, 0.3) is 0 Å². The molecule has 0 bridgehead atoms. The van der Waals surface area contributed by atoms with Crippen molar-refractivity contribution in [3.05, 3.63) is 59.9 Å². The lowest BCUT2D eigenvalue weighted by Gasteiger charge is -2.46. The fourth-order valence-corrected chi connectivity index (χ4v) is 10.2. The highest BCUT2D eigenvalue weighted by atomic mass is 28.3. The van der Waals surface area contributed by atoms with E-state index >= 15 is 0 Å². The van der Waals surface area contributed by atoms with E-state index < -0.39 is 8.07 Å². The third-order valence-corrected chi connectivity index (χ3v) is 13.5. The number of methoxy groups -OCH3 is 2. The summed E-state index contributed by atoms with van der Waals surface area (Å²) in [6.45, 7) is 8.55. The lowest BCUT2D eigenvalue weighted by Crippen LogP contribution is -2.54. The number of piperidine rings is 1. The summed E-state index contributed by atoms with van der Waals surface area (Å²) in [5, 5.41) is 19.2. The molecule has 1 saturated heterocycles. The van der Waals surface area contributed by atoms with Crippen molar-refractivity contribution in [2.45, 2.75) is 76.4 Å². The summed E-state index contributed by atoms with van der Waals surface area (Å²) in [5.74, 6) is 1.93. The van der Waals surface area contributed by atoms with Gasteiger partial charge < -0.3 is 24.2 Å². The van der Waals surface area contributed by atoms with Crippen LogP contribution < -0.4 is 19.6 Å². The molecule has 4 atom stereocenters. The molecule has 3 aromatic rings. The molecular weight excluding hydrogens is 548 g/mol. The molecule has 1 amide bonds. The molecule has 2 aromatic carbocycles. The minimum absolute atomic E-state index is 0.0532. The number of aryl methyl sites for hydroxylation is 1. The number of rotatable bonds is 11. The second-order valence-corrected chi connectivity index (χ2v) is 16.9. The molecule has 1 aromatic heterocycles. The van der Waals surface area contributed by atoms with E-state index in [9.17, 15) is 9.90 Å². The van der Waals surface area contributed by atoms with Crippen LogP contribution in [0.25, 0.3) is 0 Å². The van der Waals surface area contributed by atoms with Gasteiger partial charge in [-0.1, -0.05) is 42.6 Å². The van der Waals surface area contributed by atoms with Gasteiger partial charge in [0, 0.05) is 63.0 Å². The zero-order valence-corrected chi connectivity index (χ0v) is 26.5. The van der Waals surface area contributed by atoms with Crippen LogP contribution in [0.15, 0.2) is 48.7 Å². The number of nitrogens with zero attached hydrogens (tertiary/aromatic N) is 4. The van der Waals surface area contributed by atoms with Gasteiger partial charge in [-0.2, -0.15) is 0 Å². The van der Waals surface area contributed by atoms with E-state index in [0.29, 0.717) is 19.4 Å². The average Bonchev–Trinajstić information content (AvgIpc) is 3.45.